The predicted molar refractivity (Wildman–Crippen MR) is 125 cm³/mol. The van der Waals surface area contributed by atoms with Crippen molar-refractivity contribution in [1.82, 2.24) is 15.2 Å². The average molecular weight is 442 g/mol. The van der Waals surface area contributed by atoms with Gasteiger partial charge in [-0.15, -0.1) is 0 Å². The second-order valence-electron chi connectivity index (χ2n) is 9.30. The van der Waals surface area contributed by atoms with Crippen LogP contribution in [-0.4, -0.2) is 53.0 Å². The minimum absolute atomic E-state index is 0.0366. The molecule has 3 aliphatic heterocycles. The first kappa shape index (κ1) is 20.2. The number of benzene rings is 2. The zero-order chi connectivity index (χ0) is 22.4. The Bertz CT molecular complexity index is 1230. The lowest BCUT2D eigenvalue weighted by atomic mass is 9.77. The number of H-pyrrole nitrogens is 1. The number of nitrogens with zero attached hydrogens (tertiary/aromatic N) is 1. The first-order chi connectivity index (χ1) is 16.1. The van der Waals surface area contributed by atoms with Gasteiger partial charge in [0.25, 0.3) is 0 Å². The molecule has 2 saturated heterocycles. The first-order valence-corrected chi connectivity index (χ1v) is 11.7. The summed E-state index contributed by atoms with van der Waals surface area (Å²) in [6.07, 6.45) is 7.19. The molecule has 4 atom stereocenters. The molecule has 33 heavy (non-hydrogen) atoms. The van der Waals surface area contributed by atoms with E-state index in [0.29, 0.717) is 19.6 Å². The van der Waals surface area contributed by atoms with Gasteiger partial charge < -0.3 is 19.9 Å². The fourth-order valence-corrected chi connectivity index (χ4v) is 5.75. The van der Waals surface area contributed by atoms with E-state index in [1.54, 1.807) is 0 Å². The van der Waals surface area contributed by atoms with Crippen LogP contribution in [-0.2, 0) is 27.2 Å². The SMILES string of the molecule is O=C(NCCc1c[nH]c2ccccc12)C1C2C=CC3(CN(CCc4ccccc4)C(=O)C13)O2. The summed E-state index contributed by atoms with van der Waals surface area (Å²) in [5.74, 6) is -0.951. The molecule has 3 aliphatic rings. The molecule has 4 heterocycles. The van der Waals surface area contributed by atoms with Crippen molar-refractivity contribution >= 4 is 22.7 Å². The number of rotatable bonds is 7. The summed E-state index contributed by atoms with van der Waals surface area (Å²) in [7, 11) is 0. The minimum Gasteiger partial charge on any atom is -0.361 e. The number of hydrogen-bond acceptors (Lipinski definition) is 3. The van der Waals surface area contributed by atoms with Crippen LogP contribution in [0.1, 0.15) is 11.1 Å². The molecular weight excluding hydrogens is 414 g/mol. The molecule has 3 aromatic rings. The minimum atomic E-state index is -0.655. The highest BCUT2D eigenvalue weighted by Crippen LogP contribution is 2.51. The summed E-state index contributed by atoms with van der Waals surface area (Å²) in [6.45, 7) is 1.69. The van der Waals surface area contributed by atoms with Gasteiger partial charge in [0.1, 0.15) is 5.60 Å². The Morgan fingerprint density at radius 1 is 1.12 bits per heavy atom. The number of aromatic amines is 1. The number of amides is 2. The van der Waals surface area contributed by atoms with Crippen molar-refractivity contribution in [3.05, 3.63) is 84.1 Å². The number of carbonyl (C=O) groups is 2. The fraction of sp³-hybridized carbons (Fsp3) is 0.333. The van der Waals surface area contributed by atoms with E-state index in [0.717, 1.165) is 18.4 Å². The van der Waals surface area contributed by atoms with Crippen molar-refractivity contribution in [1.29, 1.82) is 0 Å². The lowest BCUT2D eigenvalue weighted by Gasteiger charge is -2.23. The number of nitrogens with one attached hydrogen (secondary N) is 2. The van der Waals surface area contributed by atoms with Crippen LogP contribution >= 0.6 is 0 Å². The maximum Gasteiger partial charge on any atom is 0.230 e. The van der Waals surface area contributed by atoms with E-state index < -0.39 is 17.4 Å². The highest BCUT2D eigenvalue weighted by atomic mass is 16.5. The third kappa shape index (κ3) is 3.37. The molecule has 2 amide bonds. The van der Waals surface area contributed by atoms with Crippen LogP contribution in [0.15, 0.2) is 72.9 Å². The van der Waals surface area contributed by atoms with E-state index in [1.165, 1.54) is 16.5 Å². The van der Waals surface area contributed by atoms with Crippen LogP contribution < -0.4 is 5.32 Å². The van der Waals surface area contributed by atoms with Crippen molar-refractivity contribution in [3.8, 4) is 0 Å². The number of para-hydroxylation sites is 1. The summed E-state index contributed by atoms with van der Waals surface area (Å²) in [5, 5.41) is 4.26. The van der Waals surface area contributed by atoms with Crippen molar-refractivity contribution in [2.75, 3.05) is 19.6 Å². The molecule has 4 unspecified atom stereocenters. The van der Waals surface area contributed by atoms with E-state index in [9.17, 15) is 9.59 Å². The smallest absolute Gasteiger partial charge is 0.230 e. The van der Waals surface area contributed by atoms with Gasteiger partial charge in [-0.3, -0.25) is 9.59 Å². The molecule has 1 aromatic heterocycles. The Morgan fingerprint density at radius 3 is 2.82 bits per heavy atom. The van der Waals surface area contributed by atoms with E-state index >= 15 is 0 Å². The lowest BCUT2D eigenvalue weighted by molar-refractivity contribution is -0.137. The molecule has 2 bridgehead atoms. The number of carbonyl (C=O) groups excluding carboxylic acids is 2. The van der Waals surface area contributed by atoms with Crippen LogP contribution in [0.5, 0.6) is 0 Å². The van der Waals surface area contributed by atoms with Gasteiger partial charge in [0.15, 0.2) is 0 Å². The molecule has 0 radical (unpaired) electrons. The van der Waals surface area contributed by atoms with Crippen LogP contribution in [0, 0.1) is 11.8 Å². The van der Waals surface area contributed by atoms with Gasteiger partial charge in [0, 0.05) is 30.2 Å². The van der Waals surface area contributed by atoms with E-state index in [4.69, 9.17) is 4.74 Å². The quantitative estimate of drug-likeness (QED) is 0.554. The van der Waals surface area contributed by atoms with E-state index in [-0.39, 0.29) is 17.9 Å². The molecule has 168 valence electrons. The Kier molecular flexibility index (Phi) is 4.84. The van der Waals surface area contributed by atoms with Gasteiger partial charge in [-0.1, -0.05) is 60.7 Å². The molecule has 2 aromatic carbocycles. The van der Waals surface area contributed by atoms with Crippen LogP contribution in [0.3, 0.4) is 0 Å². The molecule has 2 fully saturated rings. The molecule has 6 nitrogen and oxygen atoms in total. The van der Waals surface area contributed by atoms with E-state index in [1.807, 2.05) is 59.6 Å². The third-order valence-corrected chi connectivity index (χ3v) is 7.36. The second kappa shape index (κ2) is 7.89. The summed E-state index contributed by atoms with van der Waals surface area (Å²) < 4.78 is 6.24. The largest absolute Gasteiger partial charge is 0.361 e. The van der Waals surface area contributed by atoms with E-state index in [2.05, 4.69) is 28.5 Å². The molecule has 0 saturated carbocycles. The molecule has 6 heteroatoms. The van der Waals surface area contributed by atoms with Gasteiger partial charge in [-0.2, -0.15) is 0 Å². The Balaban J connectivity index is 1.11. The lowest BCUT2D eigenvalue weighted by Crippen LogP contribution is -2.44. The van der Waals surface area contributed by atoms with Crippen molar-refractivity contribution in [3.63, 3.8) is 0 Å². The highest BCUT2D eigenvalue weighted by molar-refractivity contribution is 5.93. The monoisotopic (exact) mass is 441 g/mol. The molecule has 0 aliphatic carbocycles. The Labute approximate surface area is 192 Å². The Morgan fingerprint density at radius 2 is 1.94 bits per heavy atom. The summed E-state index contributed by atoms with van der Waals surface area (Å²) >= 11 is 0. The summed E-state index contributed by atoms with van der Waals surface area (Å²) in [4.78, 5) is 31.7. The topological polar surface area (TPSA) is 74.4 Å². The zero-order valence-electron chi connectivity index (χ0n) is 18.4. The first-order valence-electron chi connectivity index (χ1n) is 11.7. The standard InChI is InChI=1S/C27H27N3O3/c31-25(28-14-11-19-16-29-21-9-5-4-8-20(19)21)23-22-10-13-27(33-22)17-30(26(32)24(23)27)15-12-18-6-2-1-3-7-18/h1-10,13,16,22-24,29H,11-12,14-15,17H2,(H,28,31). The molecular formula is C27H27N3O3. The second-order valence-corrected chi connectivity index (χ2v) is 9.30. The number of fused-ring (bicyclic) bond motifs is 2. The van der Waals surface area contributed by atoms with Crippen LogP contribution in [0.4, 0.5) is 0 Å². The molecule has 6 rings (SSSR count). The number of likely N-dealkylation sites (tertiary alicyclic amines) is 1. The van der Waals surface area contributed by atoms with Crippen LogP contribution in [0.2, 0.25) is 0 Å². The van der Waals surface area contributed by atoms with Gasteiger partial charge >= 0.3 is 0 Å². The van der Waals surface area contributed by atoms with Crippen molar-refractivity contribution < 1.29 is 14.3 Å². The highest BCUT2D eigenvalue weighted by Gasteiger charge is 2.66. The fourth-order valence-electron chi connectivity index (χ4n) is 5.75. The number of ether oxygens (including phenoxy) is 1. The third-order valence-electron chi connectivity index (χ3n) is 7.36. The van der Waals surface area contributed by atoms with Crippen molar-refractivity contribution in [2.45, 2.75) is 24.5 Å². The van der Waals surface area contributed by atoms with Gasteiger partial charge in [-0.05, 0) is 30.0 Å². The average Bonchev–Trinajstić information content (AvgIpc) is 3.58. The maximum atomic E-state index is 13.3. The van der Waals surface area contributed by atoms with Gasteiger partial charge in [0.2, 0.25) is 11.8 Å². The number of hydrogen-bond donors (Lipinski definition) is 2. The summed E-state index contributed by atoms with van der Waals surface area (Å²) in [5.41, 5.74) is 2.82. The molecule has 1 spiro atoms. The molecule has 2 N–H and O–H groups in total. The zero-order valence-corrected chi connectivity index (χ0v) is 18.4. The van der Waals surface area contributed by atoms with Crippen molar-refractivity contribution in [2.24, 2.45) is 11.8 Å². The van der Waals surface area contributed by atoms with Gasteiger partial charge in [0.05, 0.1) is 24.5 Å². The number of aromatic nitrogens is 1. The van der Waals surface area contributed by atoms with Crippen LogP contribution in [0.25, 0.3) is 10.9 Å². The predicted octanol–water partition coefficient (Wildman–Crippen LogP) is 2.85. The summed E-state index contributed by atoms with van der Waals surface area (Å²) in [6, 6.07) is 18.3. The Hall–Kier alpha value is -3.38. The van der Waals surface area contributed by atoms with Gasteiger partial charge in [-0.25, -0.2) is 0 Å². The normalized spacial score (nSPS) is 27.5. The maximum absolute atomic E-state index is 13.3.